The molecule has 1 aromatic carbocycles. The van der Waals surface area contributed by atoms with E-state index in [1.807, 2.05) is 0 Å². The van der Waals surface area contributed by atoms with Crippen LogP contribution in [0.1, 0.15) is 12.5 Å². The molecule has 0 fully saturated rings. The van der Waals surface area contributed by atoms with Crippen LogP contribution in [0, 0.1) is 0 Å². The minimum Gasteiger partial charge on any atom is -0.465 e. The fraction of sp³-hybridized carbons (Fsp3) is 0.211. The SMILES string of the molecule is C=CCOC(=O)C1=C(C)OC(N)=C(C(=O)OC)C12C(=O)Nc1ccc(Br)cc12. The molecule has 2 aliphatic rings. The number of allylic oxidation sites excluding steroid dienone is 1. The number of rotatable bonds is 4. The van der Waals surface area contributed by atoms with E-state index in [9.17, 15) is 14.4 Å². The van der Waals surface area contributed by atoms with Gasteiger partial charge in [-0.15, -0.1) is 0 Å². The third-order valence-corrected chi connectivity index (χ3v) is 5.01. The van der Waals surface area contributed by atoms with Crippen LogP contribution in [0.4, 0.5) is 5.69 Å². The molecule has 1 aromatic rings. The Kier molecular flexibility index (Phi) is 5.03. The maximum Gasteiger partial charge on any atom is 0.340 e. The van der Waals surface area contributed by atoms with Gasteiger partial charge in [-0.25, -0.2) is 9.59 Å². The lowest BCUT2D eigenvalue weighted by atomic mass is 9.67. The van der Waals surface area contributed by atoms with E-state index >= 15 is 0 Å². The number of benzene rings is 1. The van der Waals surface area contributed by atoms with E-state index in [2.05, 4.69) is 27.8 Å². The number of nitrogens with two attached hydrogens (primary N) is 1. The Morgan fingerprint density at radius 2 is 2.07 bits per heavy atom. The van der Waals surface area contributed by atoms with Gasteiger partial charge in [0.25, 0.3) is 0 Å². The second-order valence-corrected chi connectivity index (χ2v) is 6.96. The Bertz CT molecular complexity index is 981. The molecule has 1 spiro atoms. The number of carbonyl (C=O) groups excluding carboxylic acids is 3. The molecule has 2 aliphatic heterocycles. The van der Waals surface area contributed by atoms with Crippen LogP contribution in [0.5, 0.6) is 0 Å². The molecule has 1 amide bonds. The summed E-state index contributed by atoms with van der Waals surface area (Å²) in [7, 11) is 1.14. The zero-order chi connectivity index (χ0) is 20.6. The number of hydrogen-bond acceptors (Lipinski definition) is 7. The highest BCUT2D eigenvalue weighted by Gasteiger charge is 2.61. The fourth-order valence-corrected chi connectivity index (χ4v) is 3.83. The predicted molar refractivity (Wildman–Crippen MR) is 103 cm³/mol. The average molecular weight is 449 g/mol. The number of hydrogen-bond donors (Lipinski definition) is 2. The first-order valence-electron chi connectivity index (χ1n) is 8.16. The Balaban J connectivity index is 2.39. The smallest absolute Gasteiger partial charge is 0.340 e. The number of methoxy groups -OCH3 is 1. The normalized spacial score (nSPS) is 20.5. The molecule has 28 heavy (non-hydrogen) atoms. The van der Waals surface area contributed by atoms with Crippen LogP contribution >= 0.6 is 15.9 Å². The molecule has 0 aromatic heterocycles. The summed E-state index contributed by atoms with van der Waals surface area (Å²) >= 11 is 3.36. The number of nitrogens with one attached hydrogen (secondary N) is 1. The monoisotopic (exact) mass is 448 g/mol. The highest BCUT2D eigenvalue weighted by atomic mass is 79.9. The quantitative estimate of drug-likeness (QED) is 0.534. The maximum atomic E-state index is 13.3. The average Bonchev–Trinajstić information content (AvgIpc) is 2.91. The Labute approximate surface area is 169 Å². The summed E-state index contributed by atoms with van der Waals surface area (Å²) in [6.07, 6.45) is 1.38. The molecule has 3 rings (SSSR count). The van der Waals surface area contributed by atoms with Gasteiger partial charge in [0.1, 0.15) is 28.9 Å². The zero-order valence-corrected chi connectivity index (χ0v) is 16.7. The van der Waals surface area contributed by atoms with Gasteiger partial charge in [0, 0.05) is 15.7 Å². The standard InChI is InChI=1S/C19H17BrN2O6/c1-4-7-27-17(24)13-9(2)28-15(21)14(16(23)26-3)19(13)11-8-10(20)5-6-12(11)22-18(19)25/h4-6,8H,1,7,21H2,2-3H3,(H,22,25). The number of fused-ring (bicyclic) bond motifs is 2. The lowest BCUT2D eigenvalue weighted by molar-refractivity contribution is -0.141. The molecular weight excluding hydrogens is 432 g/mol. The Morgan fingerprint density at radius 3 is 2.71 bits per heavy atom. The molecule has 2 heterocycles. The molecule has 146 valence electrons. The van der Waals surface area contributed by atoms with E-state index in [-0.39, 0.29) is 29.4 Å². The largest absolute Gasteiger partial charge is 0.465 e. The summed E-state index contributed by atoms with van der Waals surface area (Å²) < 4.78 is 16.1. The summed E-state index contributed by atoms with van der Waals surface area (Å²) in [6.45, 7) is 4.88. The summed E-state index contributed by atoms with van der Waals surface area (Å²) in [6, 6.07) is 4.99. The van der Waals surface area contributed by atoms with Gasteiger partial charge in [0.15, 0.2) is 0 Å². The third-order valence-electron chi connectivity index (χ3n) is 4.51. The van der Waals surface area contributed by atoms with Crippen LogP contribution in [0.15, 0.2) is 58.1 Å². The number of carbonyl (C=O) groups is 3. The summed E-state index contributed by atoms with van der Waals surface area (Å²) in [4.78, 5) is 38.9. The van der Waals surface area contributed by atoms with E-state index in [0.29, 0.717) is 15.7 Å². The van der Waals surface area contributed by atoms with Crippen LogP contribution in [0.2, 0.25) is 0 Å². The molecule has 8 nitrogen and oxygen atoms in total. The minimum absolute atomic E-state index is 0.0437. The second-order valence-electron chi connectivity index (χ2n) is 6.05. The van der Waals surface area contributed by atoms with Crippen molar-refractivity contribution >= 4 is 39.5 Å². The van der Waals surface area contributed by atoms with Crippen LogP contribution in [0.25, 0.3) is 0 Å². The molecule has 1 unspecified atom stereocenters. The number of amides is 1. The van der Waals surface area contributed by atoms with Crippen molar-refractivity contribution in [2.45, 2.75) is 12.3 Å². The number of esters is 2. The molecular formula is C19H17BrN2O6. The number of anilines is 1. The first-order chi connectivity index (χ1) is 13.3. The lowest BCUT2D eigenvalue weighted by Gasteiger charge is -2.35. The predicted octanol–water partition coefficient (Wildman–Crippen LogP) is 2.02. The first kappa shape index (κ1) is 19.7. The Hall–Kier alpha value is -3.07. The molecule has 0 aliphatic carbocycles. The van der Waals surface area contributed by atoms with Gasteiger partial charge in [0.05, 0.1) is 7.11 Å². The molecule has 0 bridgehead atoms. The zero-order valence-electron chi connectivity index (χ0n) is 15.1. The van der Waals surface area contributed by atoms with Crippen LogP contribution in [-0.4, -0.2) is 31.6 Å². The maximum absolute atomic E-state index is 13.3. The van der Waals surface area contributed by atoms with E-state index in [1.54, 1.807) is 18.2 Å². The van der Waals surface area contributed by atoms with Crippen molar-refractivity contribution in [2.24, 2.45) is 5.73 Å². The van der Waals surface area contributed by atoms with Gasteiger partial charge in [0.2, 0.25) is 11.8 Å². The van der Waals surface area contributed by atoms with Crippen molar-refractivity contribution in [1.82, 2.24) is 0 Å². The number of ether oxygens (including phenoxy) is 3. The van der Waals surface area contributed by atoms with Crippen molar-refractivity contribution in [3.05, 3.63) is 63.7 Å². The topological polar surface area (TPSA) is 117 Å². The van der Waals surface area contributed by atoms with Gasteiger partial charge in [-0.05, 0) is 25.1 Å². The first-order valence-corrected chi connectivity index (χ1v) is 8.95. The summed E-state index contributed by atoms with van der Waals surface area (Å²) in [5, 5.41) is 2.70. The van der Waals surface area contributed by atoms with Gasteiger partial charge in [-0.1, -0.05) is 28.6 Å². The van der Waals surface area contributed by atoms with E-state index in [1.165, 1.54) is 13.0 Å². The van der Waals surface area contributed by atoms with E-state index in [0.717, 1.165) is 7.11 Å². The highest BCUT2D eigenvalue weighted by molar-refractivity contribution is 9.10. The summed E-state index contributed by atoms with van der Waals surface area (Å²) in [5.41, 5.74) is 4.43. The second kappa shape index (κ2) is 7.16. The lowest BCUT2D eigenvalue weighted by Crippen LogP contribution is -2.48. The molecule has 1 atom stereocenters. The van der Waals surface area contributed by atoms with E-state index < -0.39 is 23.3 Å². The molecule has 0 radical (unpaired) electrons. The summed E-state index contributed by atoms with van der Waals surface area (Å²) in [5.74, 6) is -2.66. The van der Waals surface area contributed by atoms with Gasteiger partial charge in [-0.2, -0.15) is 0 Å². The third kappa shape index (κ3) is 2.70. The van der Waals surface area contributed by atoms with Crippen LogP contribution in [-0.2, 0) is 34.0 Å². The van der Waals surface area contributed by atoms with Crippen molar-refractivity contribution in [3.8, 4) is 0 Å². The van der Waals surface area contributed by atoms with Crippen molar-refractivity contribution in [2.75, 3.05) is 19.0 Å². The molecule has 9 heteroatoms. The van der Waals surface area contributed by atoms with Gasteiger partial charge < -0.3 is 25.3 Å². The van der Waals surface area contributed by atoms with Gasteiger partial charge >= 0.3 is 11.9 Å². The van der Waals surface area contributed by atoms with Crippen LogP contribution in [0.3, 0.4) is 0 Å². The van der Waals surface area contributed by atoms with Crippen molar-refractivity contribution < 1.29 is 28.6 Å². The van der Waals surface area contributed by atoms with Gasteiger partial charge in [-0.3, -0.25) is 4.79 Å². The van der Waals surface area contributed by atoms with Crippen molar-refractivity contribution in [3.63, 3.8) is 0 Å². The highest BCUT2D eigenvalue weighted by Crippen LogP contribution is 2.52. The minimum atomic E-state index is -1.88. The van der Waals surface area contributed by atoms with Crippen molar-refractivity contribution in [1.29, 1.82) is 0 Å². The van der Waals surface area contributed by atoms with Crippen LogP contribution < -0.4 is 11.1 Å². The van der Waals surface area contributed by atoms with E-state index in [4.69, 9.17) is 19.9 Å². The number of halogens is 1. The molecule has 0 saturated heterocycles. The fourth-order valence-electron chi connectivity index (χ4n) is 3.47. The molecule has 0 saturated carbocycles. The molecule has 3 N–H and O–H groups in total. The Morgan fingerprint density at radius 1 is 1.36 bits per heavy atom.